The molecule has 98 valence electrons. The van der Waals surface area contributed by atoms with Gasteiger partial charge in [0.15, 0.2) is 5.25 Å². The van der Waals surface area contributed by atoms with Gasteiger partial charge in [0.1, 0.15) is 0 Å². The Morgan fingerprint density at radius 3 is 2.76 bits per heavy atom. The van der Waals surface area contributed by atoms with Gasteiger partial charge in [-0.1, -0.05) is 6.92 Å². The SMILES string of the molecule is CCC(C#N)S(=O)(=O)NCCCOCC1CC1. The zero-order valence-corrected chi connectivity index (χ0v) is 11.0. The highest BCUT2D eigenvalue weighted by molar-refractivity contribution is 7.90. The maximum atomic E-state index is 11.6. The van der Waals surface area contributed by atoms with Gasteiger partial charge in [0.05, 0.1) is 6.07 Å². The third-order valence-electron chi connectivity index (χ3n) is 2.71. The van der Waals surface area contributed by atoms with Crippen LogP contribution in [0.3, 0.4) is 0 Å². The van der Waals surface area contributed by atoms with Crippen molar-refractivity contribution >= 4 is 10.0 Å². The van der Waals surface area contributed by atoms with Crippen LogP contribution in [0, 0.1) is 17.2 Å². The monoisotopic (exact) mass is 260 g/mol. The predicted molar refractivity (Wildman–Crippen MR) is 64.8 cm³/mol. The van der Waals surface area contributed by atoms with Gasteiger partial charge in [-0.25, -0.2) is 13.1 Å². The molecule has 1 unspecified atom stereocenters. The van der Waals surface area contributed by atoms with Gasteiger partial charge in [-0.15, -0.1) is 0 Å². The molecule has 0 aromatic heterocycles. The summed E-state index contributed by atoms with van der Waals surface area (Å²) in [6.45, 7) is 3.39. The second-order valence-electron chi connectivity index (χ2n) is 4.34. The van der Waals surface area contributed by atoms with Crippen molar-refractivity contribution in [2.75, 3.05) is 19.8 Å². The molecule has 0 heterocycles. The molecule has 0 radical (unpaired) electrons. The molecule has 1 N–H and O–H groups in total. The highest BCUT2D eigenvalue weighted by Crippen LogP contribution is 2.28. The van der Waals surface area contributed by atoms with Gasteiger partial charge in [0.2, 0.25) is 10.0 Å². The Morgan fingerprint density at radius 1 is 1.53 bits per heavy atom. The summed E-state index contributed by atoms with van der Waals surface area (Å²) in [5.74, 6) is 0.731. The molecule has 1 atom stereocenters. The molecule has 1 fully saturated rings. The van der Waals surface area contributed by atoms with Crippen LogP contribution in [-0.4, -0.2) is 33.4 Å². The quantitative estimate of drug-likeness (QED) is 0.628. The first-order valence-corrected chi connectivity index (χ1v) is 7.60. The summed E-state index contributed by atoms with van der Waals surface area (Å²) < 4.78 is 31.0. The number of hydrogen-bond donors (Lipinski definition) is 1. The number of nitrogens with one attached hydrogen (secondary N) is 1. The van der Waals surface area contributed by atoms with Crippen LogP contribution in [0.25, 0.3) is 0 Å². The van der Waals surface area contributed by atoms with Crippen LogP contribution in [0.5, 0.6) is 0 Å². The van der Waals surface area contributed by atoms with E-state index >= 15 is 0 Å². The summed E-state index contributed by atoms with van der Waals surface area (Å²) in [5.41, 5.74) is 0. The predicted octanol–water partition coefficient (Wildman–Crippen LogP) is 1.02. The molecule has 0 bridgehead atoms. The van der Waals surface area contributed by atoms with Crippen molar-refractivity contribution in [1.29, 1.82) is 5.26 Å². The summed E-state index contributed by atoms with van der Waals surface area (Å²) in [5, 5.41) is 7.73. The molecule has 1 aliphatic carbocycles. The molecule has 1 rings (SSSR count). The molecule has 0 aliphatic heterocycles. The molecule has 0 spiro atoms. The fourth-order valence-corrected chi connectivity index (χ4v) is 2.61. The molecule has 0 aromatic carbocycles. The lowest BCUT2D eigenvalue weighted by molar-refractivity contribution is 0.123. The Balaban J connectivity index is 2.09. The third-order valence-corrected chi connectivity index (χ3v) is 4.50. The minimum absolute atomic E-state index is 0.310. The van der Waals surface area contributed by atoms with Crippen LogP contribution in [0.15, 0.2) is 0 Å². The van der Waals surface area contributed by atoms with Gasteiger partial charge in [-0.2, -0.15) is 5.26 Å². The third kappa shape index (κ3) is 5.48. The first kappa shape index (κ1) is 14.4. The normalized spacial score (nSPS) is 17.6. The summed E-state index contributed by atoms with van der Waals surface area (Å²) >= 11 is 0. The summed E-state index contributed by atoms with van der Waals surface area (Å²) in [6.07, 6.45) is 3.47. The lowest BCUT2D eigenvalue weighted by atomic mass is 10.4. The smallest absolute Gasteiger partial charge is 0.227 e. The maximum Gasteiger partial charge on any atom is 0.227 e. The zero-order chi connectivity index (χ0) is 12.7. The maximum absolute atomic E-state index is 11.6. The fraction of sp³-hybridized carbons (Fsp3) is 0.909. The van der Waals surface area contributed by atoms with E-state index in [1.54, 1.807) is 13.0 Å². The second kappa shape index (κ2) is 6.94. The van der Waals surface area contributed by atoms with E-state index in [0.29, 0.717) is 26.0 Å². The van der Waals surface area contributed by atoms with E-state index in [9.17, 15) is 8.42 Å². The molecular weight excluding hydrogens is 240 g/mol. The first-order chi connectivity index (χ1) is 8.10. The lowest BCUT2D eigenvalue weighted by Gasteiger charge is -2.09. The van der Waals surface area contributed by atoms with Gasteiger partial charge >= 0.3 is 0 Å². The lowest BCUT2D eigenvalue weighted by Crippen LogP contribution is -2.34. The van der Waals surface area contributed by atoms with Crippen molar-refractivity contribution in [2.45, 2.75) is 37.9 Å². The molecule has 5 nitrogen and oxygen atoms in total. The summed E-state index contributed by atoms with van der Waals surface area (Å²) in [7, 11) is -3.48. The summed E-state index contributed by atoms with van der Waals surface area (Å²) in [4.78, 5) is 0. The topological polar surface area (TPSA) is 79.2 Å². The number of nitriles is 1. The van der Waals surface area contributed by atoms with Crippen LogP contribution < -0.4 is 4.72 Å². The fourth-order valence-electron chi connectivity index (χ4n) is 1.40. The van der Waals surface area contributed by atoms with Crippen molar-refractivity contribution in [3.63, 3.8) is 0 Å². The van der Waals surface area contributed by atoms with E-state index in [2.05, 4.69) is 4.72 Å². The van der Waals surface area contributed by atoms with Crippen LogP contribution >= 0.6 is 0 Å². The van der Waals surface area contributed by atoms with Crippen molar-refractivity contribution in [1.82, 2.24) is 4.72 Å². The Labute approximate surface area is 103 Å². The molecule has 0 amide bonds. The number of ether oxygens (including phenoxy) is 1. The highest BCUT2D eigenvalue weighted by Gasteiger charge is 2.23. The standard InChI is InChI=1S/C11H20N2O3S/c1-2-11(8-12)17(14,15)13-6-3-7-16-9-10-4-5-10/h10-11,13H,2-7,9H2,1H3. The number of hydrogen-bond acceptors (Lipinski definition) is 4. The molecule has 1 saturated carbocycles. The molecule has 1 aliphatic rings. The van der Waals surface area contributed by atoms with Crippen LogP contribution in [0.4, 0.5) is 0 Å². The molecular formula is C11H20N2O3S. The van der Waals surface area contributed by atoms with E-state index in [1.165, 1.54) is 12.8 Å². The molecule has 6 heteroatoms. The Morgan fingerprint density at radius 2 is 2.24 bits per heavy atom. The van der Waals surface area contributed by atoms with E-state index in [1.807, 2.05) is 0 Å². The van der Waals surface area contributed by atoms with E-state index in [-0.39, 0.29) is 0 Å². The van der Waals surface area contributed by atoms with Crippen molar-refractivity contribution in [3.05, 3.63) is 0 Å². The van der Waals surface area contributed by atoms with Crippen LogP contribution in [0.1, 0.15) is 32.6 Å². The first-order valence-electron chi connectivity index (χ1n) is 6.06. The number of rotatable bonds is 9. The zero-order valence-electron chi connectivity index (χ0n) is 10.2. The molecule has 17 heavy (non-hydrogen) atoms. The van der Waals surface area contributed by atoms with Gasteiger partial charge < -0.3 is 4.74 Å². The summed E-state index contributed by atoms with van der Waals surface area (Å²) in [6, 6.07) is 1.79. The minimum atomic E-state index is -3.48. The minimum Gasteiger partial charge on any atom is -0.381 e. The molecule has 0 aromatic rings. The van der Waals surface area contributed by atoms with E-state index in [4.69, 9.17) is 10.00 Å². The van der Waals surface area contributed by atoms with Crippen LogP contribution in [0.2, 0.25) is 0 Å². The van der Waals surface area contributed by atoms with Gasteiger partial charge in [-0.3, -0.25) is 0 Å². The molecule has 0 saturated heterocycles. The average Bonchev–Trinajstić information content (AvgIpc) is 3.08. The Bertz CT molecular complexity index is 357. The van der Waals surface area contributed by atoms with Crippen LogP contribution in [-0.2, 0) is 14.8 Å². The number of sulfonamides is 1. The highest BCUT2D eigenvalue weighted by atomic mass is 32.2. The van der Waals surface area contributed by atoms with Gasteiger partial charge in [0, 0.05) is 19.8 Å². The average molecular weight is 260 g/mol. The van der Waals surface area contributed by atoms with Crippen molar-refractivity contribution in [2.24, 2.45) is 5.92 Å². The number of nitrogens with zero attached hydrogens (tertiary/aromatic N) is 1. The Kier molecular flexibility index (Phi) is 5.89. The van der Waals surface area contributed by atoms with Crippen molar-refractivity contribution < 1.29 is 13.2 Å². The Hall–Kier alpha value is -0.640. The second-order valence-corrected chi connectivity index (χ2v) is 6.28. The van der Waals surface area contributed by atoms with E-state index in [0.717, 1.165) is 12.5 Å². The van der Waals surface area contributed by atoms with Gasteiger partial charge in [0.25, 0.3) is 0 Å². The van der Waals surface area contributed by atoms with E-state index < -0.39 is 15.3 Å². The largest absolute Gasteiger partial charge is 0.381 e. The van der Waals surface area contributed by atoms with Gasteiger partial charge in [-0.05, 0) is 31.6 Å². The van der Waals surface area contributed by atoms with Crippen molar-refractivity contribution in [3.8, 4) is 6.07 Å².